The molecule has 1 fully saturated rings. The van der Waals surface area contributed by atoms with Crippen LogP contribution in [0.15, 0.2) is 12.7 Å². The van der Waals surface area contributed by atoms with Crippen LogP contribution in [0.1, 0.15) is 13.2 Å². The summed E-state index contributed by atoms with van der Waals surface area (Å²) in [5, 5.41) is 34.6. The number of aliphatic hydroxyl groups excluding tert-OH is 2. The summed E-state index contributed by atoms with van der Waals surface area (Å²) in [4.78, 5) is 44.6. The van der Waals surface area contributed by atoms with E-state index in [4.69, 9.17) is 20.1 Å². The van der Waals surface area contributed by atoms with Crippen molar-refractivity contribution in [1.29, 1.82) is 0 Å². The summed E-state index contributed by atoms with van der Waals surface area (Å²) >= 11 is 0. The van der Waals surface area contributed by atoms with Gasteiger partial charge >= 0.3 is 19.6 Å². The third kappa shape index (κ3) is 5.62. The number of nitrogens with one attached hydrogen (secondary N) is 2. The van der Waals surface area contributed by atoms with Gasteiger partial charge < -0.3 is 40.5 Å². The first kappa shape index (κ1) is 24.9. The minimum absolute atomic E-state index is 0.105. The molecule has 1 aliphatic rings. The Balaban J connectivity index is 1.74. The molecule has 182 valence electrons. The van der Waals surface area contributed by atoms with Gasteiger partial charge in [-0.1, -0.05) is 0 Å². The summed E-state index contributed by atoms with van der Waals surface area (Å²) in [6.45, 7) is 1.51. The standard InChI is InChI=1S/C16H24N7O9P/c1-2-18-16(28)22-12-9-13(20-5-19-12)23(6-21-9)14-11(25)10(24)8(32-14)3-31-33(29,30)4-7(17)15(26)27/h5-8,10-11,14,24-25H,2-4,17H2,1H3,(H,26,27)(H,29,30)(H2,18,19,20,22,28)/t7?,8-,10?,11+,14-/m1/s1. The highest BCUT2D eigenvalue weighted by molar-refractivity contribution is 7.52. The van der Waals surface area contributed by atoms with Crippen molar-refractivity contribution in [3.05, 3.63) is 12.7 Å². The van der Waals surface area contributed by atoms with E-state index in [0.29, 0.717) is 6.54 Å². The van der Waals surface area contributed by atoms with E-state index >= 15 is 0 Å². The predicted molar refractivity (Wildman–Crippen MR) is 110 cm³/mol. The molecule has 0 saturated carbocycles. The Hall–Kier alpha value is -2.72. The molecule has 17 heteroatoms. The summed E-state index contributed by atoms with van der Waals surface area (Å²) in [6, 6.07) is -2.12. The van der Waals surface area contributed by atoms with Gasteiger partial charge in [-0.15, -0.1) is 0 Å². The largest absolute Gasteiger partial charge is 0.480 e. The molecule has 1 saturated heterocycles. The fourth-order valence-electron chi connectivity index (χ4n) is 3.11. The second kappa shape index (κ2) is 10.0. The zero-order chi connectivity index (χ0) is 24.3. The van der Waals surface area contributed by atoms with Crippen molar-refractivity contribution >= 4 is 36.6 Å². The Morgan fingerprint density at radius 2 is 2.06 bits per heavy atom. The Morgan fingerprint density at radius 3 is 2.73 bits per heavy atom. The monoisotopic (exact) mass is 489 g/mol. The number of nitrogens with two attached hydrogens (primary N) is 1. The highest BCUT2D eigenvalue weighted by Gasteiger charge is 2.45. The molecule has 0 bridgehead atoms. The molecule has 33 heavy (non-hydrogen) atoms. The number of fused-ring (bicyclic) bond motifs is 1. The van der Waals surface area contributed by atoms with Gasteiger partial charge in [-0.05, 0) is 6.92 Å². The molecule has 1 aliphatic heterocycles. The smallest absolute Gasteiger partial charge is 0.330 e. The van der Waals surface area contributed by atoms with Crippen molar-refractivity contribution in [2.24, 2.45) is 5.73 Å². The number of aromatic nitrogens is 4. The molecule has 2 amide bonds. The molecule has 0 aliphatic carbocycles. The van der Waals surface area contributed by atoms with Crippen LogP contribution < -0.4 is 16.4 Å². The first-order valence-corrected chi connectivity index (χ1v) is 11.5. The van der Waals surface area contributed by atoms with Gasteiger partial charge in [0.05, 0.1) is 19.1 Å². The maximum Gasteiger partial charge on any atom is 0.330 e. The van der Waals surface area contributed by atoms with E-state index in [1.165, 1.54) is 10.9 Å². The highest BCUT2D eigenvalue weighted by atomic mass is 31.2. The zero-order valence-corrected chi connectivity index (χ0v) is 18.2. The first-order chi connectivity index (χ1) is 15.5. The summed E-state index contributed by atoms with van der Waals surface area (Å²) in [5.41, 5.74) is 5.62. The van der Waals surface area contributed by atoms with Crippen LogP contribution in [-0.2, 0) is 18.6 Å². The number of anilines is 1. The van der Waals surface area contributed by atoms with E-state index in [0.717, 1.165) is 6.33 Å². The van der Waals surface area contributed by atoms with Crippen LogP contribution in [0.25, 0.3) is 11.2 Å². The van der Waals surface area contributed by atoms with Crippen LogP contribution in [0.3, 0.4) is 0 Å². The number of carboxylic acid groups (broad SMARTS) is 1. The van der Waals surface area contributed by atoms with Crippen molar-refractivity contribution in [2.75, 3.05) is 24.6 Å². The quantitative estimate of drug-likeness (QED) is 0.192. The third-order valence-corrected chi connectivity index (χ3v) is 6.13. The number of carboxylic acids is 1. The van der Waals surface area contributed by atoms with Crippen LogP contribution in [0, 0.1) is 0 Å². The fraction of sp³-hybridized carbons (Fsp3) is 0.562. The normalized spacial score (nSPS) is 25.5. The number of hydrogen-bond acceptors (Lipinski definition) is 11. The molecule has 3 rings (SSSR count). The lowest BCUT2D eigenvalue weighted by Gasteiger charge is -2.19. The second-order valence-electron chi connectivity index (χ2n) is 7.14. The van der Waals surface area contributed by atoms with Gasteiger partial charge in [0.2, 0.25) is 0 Å². The minimum atomic E-state index is -4.41. The Morgan fingerprint density at radius 1 is 1.33 bits per heavy atom. The minimum Gasteiger partial charge on any atom is -0.480 e. The Bertz CT molecular complexity index is 1070. The summed E-state index contributed by atoms with van der Waals surface area (Å²) < 4.78 is 23.8. The van der Waals surface area contributed by atoms with Crippen molar-refractivity contribution in [1.82, 2.24) is 24.8 Å². The third-order valence-electron chi connectivity index (χ3n) is 4.72. The van der Waals surface area contributed by atoms with E-state index in [-0.39, 0.29) is 17.0 Å². The lowest BCUT2D eigenvalue weighted by molar-refractivity contribution is -0.138. The number of carbonyl (C=O) groups excluding carboxylic acids is 1. The van der Waals surface area contributed by atoms with E-state index in [9.17, 15) is 29.3 Å². The number of ether oxygens (including phenoxy) is 1. The first-order valence-electron chi connectivity index (χ1n) is 9.72. The maximum atomic E-state index is 12.0. The van der Waals surface area contributed by atoms with Crippen LogP contribution in [-0.4, -0.2) is 95.4 Å². The van der Waals surface area contributed by atoms with E-state index in [2.05, 4.69) is 25.6 Å². The number of hydrogen-bond donors (Lipinski definition) is 7. The second-order valence-corrected chi connectivity index (χ2v) is 9.04. The van der Waals surface area contributed by atoms with Gasteiger partial charge in [0.1, 0.15) is 30.7 Å². The van der Waals surface area contributed by atoms with Gasteiger partial charge in [-0.25, -0.2) is 19.7 Å². The summed E-state index contributed by atoms with van der Waals surface area (Å²) in [5.74, 6) is -1.37. The van der Waals surface area contributed by atoms with Crippen molar-refractivity contribution in [3.63, 3.8) is 0 Å². The van der Waals surface area contributed by atoms with Gasteiger partial charge in [0.25, 0.3) is 0 Å². The summed E-state index contributed by atoms with van der Waals surface area (Å²) in [7, 11) is -4.41. The predicted octanol–water partition coefficient (Wildman–Crippen LogP) is -1.80. The van der Waals surface area contributed by atoms with Crippen LogP contribution in [0.2, 0.25) is 0 Å². The SMILES string of the molecule is CCNC(=O)Nc1ncnc2c1ncn2[C@@H]1O[C@H](COP(=O)(O)CC(N)C(=O)O)C(O)[C@@H]1O. The zero-order valence-electron chi connectivity index (χ0n) is 17.3. The van der Waals surface area contributed by atoms with Crippen LogP contribution in [0.5, 0.6) is 0 Å². The van der Waals surface area contributed by atoms with Crippen molar-refractivity contribution in [2.45, 2.75) is 37.5 Å². The molecule has 2 aromatic heterocycles. The molecular weight excluding hydrogens is 465 g/mol. The molecule has 0 aromatic carbocycles. The van der Waals surface area contributed by atoms with Gasteiger partial charge in [0, 0.05) is 6.54 Å². The number of imidazole rings is 1. The molecule has 3 heterocycles. The molecule has 0 radical (unpaired) electrons. The lowest BCUT2D eigenvalue weighted by Crippen LogP contribution is -2.35. The molecule has 2 aromatic rings. The number of aliphatic carboxylic acids is 1. The van der Waals surface area contributed by atoms with E-state index < -0.39 is 62.9 Å². The highest BCUT2D eigenvalue weighted by Crippen LogP contribution is 2.43. The molecule has 16 nitrogen and oxygen atoms in total. The van der Waals surface area contributed by atoms with Gasteiger partial charge in [-0.2, -0.15) is 0 Å². The number of nitrogens with zero attached hydrogens (tertiary/aromatic N) is 4. The summed E-state index contributed by atoms with van der Waals surface area (Å²) in [6.07, 6.45) is -3.88. The number of rotatable bonds is 9. The number of carbonyl (C=O) groups is 2. The topological polar surface area (TPSA) is 244 Å². The number of aliphatic hydroxyl groups is 2. The van der Waals surface area contributed by atoms with E-state index in [1.807, 2.05) is 0 Å². The Kier molecular flexibility index (Phi) is 7.58. The number of urea groups is 1. The Labute approximate surface area is 186 Å². The van der Waals surface area contributed by atoms with E-state index in [1.54, 1.807) is 6.92 Å². The number of amides is 2. The molecule has 6 atom stereocenters. The average Bonchev–Trinajstić information content (AvgIpc) is 3.28. The van der Waals surface area contributed by atoms with Gasteiger partial charge in [-0.3, -0.25) is 19.2 Å². The van der Waals surface area contributed by atoms with Crippen LogP contribution >= 0.6 is 7.60 Å². The molecular formula is C16H24N7O9P. The molecule has 8 N–H and O–H groups in total. The van der Waals surface area contributed by atoms with Gasteiger partial charge in [0.15, 0.2) is 23.2 Å². The maximum absolute atomic E-state index is 12.0. The van der Waals surface area contributed by atoms with Crippen LogP contribution in [0.4, 0.5) is 10.6 Å². The van der Waals surface area contributed by atoms with Crippen molar-refractivity contribution < 1.29 is 43.6 Å². The average molecular weight is 489 g/mol. The lowest BCUT2D eigenvalue weighted by atomic mass is 10.1. The fourth-order valence-corrected chi connectivity index (χ4v) is 4.25. The van der Waals surface area contributed by atoms with Crippen molar-refractivity contribution in [3.8, 4) is 0 Å². The molecule has 0 spiro atoms. The molecule has 3 unspecified atom stereocenters.